The predicted molar refractivity (Wildman–Crippen MR) is 111 cm³/mol. The Morgan fingerprint density at radius 2 is 1.24 bits per heavy atom. The maximum atomic E-state index is 2.30. The van der Waals surface area contributed by atoms with Gasteiger partial charge in [0, 0.05) is 18.9 Å². The van der Waals surface area contributed by atoms with Crippen LogP contribution >= 0.6 is 0 Å². The molecule has 0 atom stereocenters. The van der Waals surface area contributed by atoms with Gasteiger partial charge in [0.1, 0.15) is 0 Å². The zero-order chi connectivity index (χ0) is 17.7. The molecule has 2 aromatic carbocycles. The fourth-order valence-electron chi connectivity index (χ4n) is 2.71. The van der Waals surface area contributed by atoms with Gasteiger partial charge in [-0.15, -0.1) is 0 Å². The summed E-state index contributed by atoms with van der Waals surface area (Å²) in [7, 11) is 0. The van der Waals surface area contributed by atoms with Gasteiger partial charge in [-0.3, -0.25) is 0 Å². The summed E-state index contributed by atoms with van der Waals surface area (Å²) in [6.07, 6.45) is 13.9. The average Bonchev–Trinajstić information content (AvgIpc) is 2.64. The van der Waals surface area contributed by atoms with Crippen molar-refractivity contribution in [2.45, 2.75) is 39.5 Å². The van der Waals surface area contributed by atoms with Gasteiger partial charge in [0.15, 0.2) is 0 Å². The smallest absolute Gasteiger partial charge is 0.0219 e. The minimum absolute atomic E-state index is 0.812. The summed E-state index contributed by atoms with van der Waals surface area (Å²) in [4.78, 5) is 2.30. The minimum atomic E-state index is 0.812. The van der Waals surface area contributed by atoms with Crippen molar-refractivity contribution in [2.24, 2.45) is 5.92 Å². The van der Waals surface area contributed by atoms with Gasteiger partial charge in [-0.1, -0.05) is 93.8 Å². The predicted octanol–water partition coefficient (Wildman–Crippen LogP) is 6.85. The van der Waals surface area contributed by atoms with Gasteiger partial charge in [-0.25, -0.2) is 0 Å². The van der Waals surface area contributed by atoms with E-state index in [9.17, 15) is 0 Å². The van der Waals surface area contributed by atoms with Crippen molar-refractivity contribution in [3.63, 3.8) is 0 Å². The first-order valence-corrected chi connectivity index (χ1v) is 9.46. The first-order chi connectivity index (χ1) is 12.2. The lowest BCUT2D eigenvalue weighted by atomic mass is 10.1. The van der Waals surface area contributed by atoms with E-state index in [0.717, 1.165) is 12.5 Å². The number of hydrogen-bond donors (Lipinski definition) is 0. The van der Waals surface area contributed by atoms with Crippen LogP contribution in [0.2, 0.25) is 0 Å². The molecular formula is C24H31N. The van der Waals surface area contributed by atoms with E-state index in [1.54, 1.807) is 0 Å². The van der Waals surface area contributed by atoms with Crippen LogP contribution in [-0.4, -0.2) is 11.4 Å². The standard InChI is InChI=1S/C24H31N/c1-22(2)12-6-5-11-19-25(20-17-23-13-7-3-8-14-23)21-18-24-15-9-4-10-16-24/h3-4,7-10,13-18,20-22H,5-6,11-12,19H2,1-2H3. The molecule has 25 heavy (non-hydrogen) atoms. The summed E-state index contributed by atoms with van der Waals surface area (Å²) in [6.45, 7) is 5.67. The molecule has 0 fully saturated rings. The highest BCUT2D eigenvalue weighted by Crippen LogP contribution is 2.11. The van der Waals surface area contributed by atoms with Crippen LogP contribution in [0, 0.1) is 5.92 Å². The molecule has 0 heterocycles. The summed E-state index contributed by atoms with van der Waals surface area (Å²) in [5.74, 6) is 0.812. The molecule has 132 valence electrons. The lowest BCUT2D eigenvalue weighted by Crippen LogP contribution is -2.11. The molecule has 0 N–H and O–H groups in total. The van der Waals surface area contributed by atoms with Crippen molar-refractivity contribution in [1.82, 2.24) is 4.90 Å². The molecule has 2 rings (SSSR count). The fraction of sp³-hybridized carbons (Fsp3) is 0.333. The van der Waals surface area contributed by atoms with Crippen molar-refractivity contribution in [3.8, 4) is 0 Å². The van der Waals surface area contributed by atoms with Crippen LogP contribution in [0.1, 0.15) is 50.7 Å². The number of unbranched alkanes of at least 4 members (excludes halogenated alkanes) is 2. The van der Waals surface area contributed by atoms with Gasteiger partial charge in [0.25, 0.3) is 0 Å². The van der Waals surface area contributed by atoms with Crippen molar-refractivity contribution in [2.75, 3.05) is 6.54 Å². The topological polar surface area (TPSA) is 3.24 Å². The molecule has 0 bridgehead atoms. The first-order valence-electron chi connectivity index (χ1n) is 9.46. The van der Waals surface area contributed by atoms with Gasteiger partial charge in [-0.2, -0.15) is 0 Å². The summed E-state index contributed by atoms with van der Waals surface area (Å²) in [5.41, 5.74) is 2.47. The number of nitrogens with zero attached hydrogens (tertiary/aromatic N) is 1. The first kappa shape index (κ1) is 19.1. The molecule has 0 radical (unpaired) electrons. The highest BCUT2D eigenvalue weighted by Gasteiger charge is 1.98. The van der Waals surface area contributed by atoms with E-state index in [1.807, 2.05) is 0 Å². The zero-order valence-electron chi connectivity index (χ0n) is 15.6. The molecule has 0 saturated heterocycles. The Bertz CT molecular complexity index is 576. The largest absolute Gasteiger partial charge is 0.354 e. The van der Waals surface area contributed by atoms with Crippen molar-refractivity contribution in [3.05, 3.63) is 84.2 Å². The van der Waals surface area contributed by atoms with E-state index >= 15 is 0 Å². The molecule has 0 saturated carbocycles. The van der Waals surface area contributed by atoms with Crippen LogP contribution in [-0.2, 0) is 0 Å². The number of benzene rings is 2. The second kappa shape index (κ2) is 11.3. The molecule has 2 aromatic rings. The Kier molecular flexibility index (Phi) is 8.61. The molecule has 0 unspecified atom stereocenters. The molecule has 0 aliphatic heterocycles. The normalized spacial score (nSPS) is 11.6. The third kappa shape index (κ3) is 8.39. The minimum Gasteiger partial charge on any atom is -0.354 e. The van der Waals surface area contributed by atoms with Crippen LogP contribution in [0.15, 0.2) is 73.1 Å². The monoisotopic (exact) mass is 333 g/mol. The third-order valence-electron chi connectivity index (χ3n) is 4.21. The van der Waals surface area contributed by atoms with Gasteiger partial charge >= 0.3 is 0 Å². The molecule has 0 aliphatic rings. The lowest BCUT2D eigenvalue weighted by Gasteiger charge is -2.16. The highest BCUT2D eigenvalue weighted by molar-refractivity contribution is 5.51. The number of rotatable bonds is 10. The summed E-state index contributed by atoms with van der Waals surface area (Å²) in [6, 6.07) is 21.0. The lowest BCUT2D eigenvalue weighted by molar-refractivity contribution is 0.457. The SMILES string of the molecule is CC(C)CCCCCN(C=Cc1ccccc1)C=Cc1ccccc1. The van der Waals surface area contributed by atoms with Crippen LogP contribution < -0.4 is 0 Å². The van der Waals surface area contributed by atoms with Crippen molar-refractivity contribution in [1.29, 1.82) is 0 Å². The molecule has 1 heteroatoms. The molecular weight excluding hydrogens is 302 g/mol. The van der Waals surface area contributed by atoms with E-state index in [4.69, 9.17) is 0 Å². The van der Waals surface area contributed by atoms with Crippen LogP contribution in [0.3, 0.4) is 0 Å². The van der Waals surface area contributed by atoms with Crippen molar-refractivity contribution >= 4 is 12.2 Å². The molecule has 0 aliphatic carbocycles. The number of hydrogen-bond acceptors (Lipinski definition) is 1. The Hall–Kier alpha value is -2.28. The fourth-order valence-corrected chi connectivity index (χ4v) is 2.71. The molecule has 0 amide bonds. The van der Waals surface area contributed by atoms with Gasteiger partial charge in [0.2, 0.25) is 0 Å². The summed E-state index contributed by atoms with van der Waals surface area (Å²) < 4.78 is 0. The maximum Gasteiger partial charge on any atom is 0.0219 e. The summed E-state index contributed by atoms with van der Waals surface area (Å²) in [5, 5.41) is 0. The Labute approximate surface area is 153 Å². The zero-order valence-corrected chi connectivity index (χ0v) is 15.6. The van der Waals surface area contributed by atoms with Crippen LogP contribution in [0.5, 0.6) is 0 Å². The second-order valence-corrected chi connectivity index (χ2v) is 6.93. The third-order valence-corrected chi connectivity index (χ3v) is 4.21. The van der Waals surface area contributed by atoms with E-state index in [-0.39, 0.29) is 0 Å². The van der Waals surface area contributed by atoms with E-state index < -0.39 is 0 Å². The quantitative estimate of drug-likeness (QED) is 0.430. The van der Waals surface area contributed by atoms with E-state index in [1.165, 1.54) is 36.8 Å². The summed E-state index contributed by atoms with van der Waals surface area (Å²) >= 11 is 0. The Morgan fingerprint density at radius 1 is 0.720 bits per heavy atom. The molecule has 1 nitrogen and oxygen atoms in total. The van der Waals surface area contributed by atoms with Crippen molar-refractivity contribution < 1.29 is 0 Å². The van der Waals surface area contributed by atoms with E-state index in [0.29, 0.717) is 0 Å². The second-order valence-electron chi connectivity index (χ2n) is 6.93. The van der Waals surface area contributed by atoms with Crippen LogP contribution in [0.25, 0.3) is 12.2 Å². The maximum absolute atomic E-state index is 2.30. The van der Waals surface area contributed by atoms with Gasteiger partial charge < -0.3 is 4.90 Å². The van der Waals surface area contributed by atoms with Crippen LogP contribution in [0.4, 0.5) is 0 Å². The average molecular weight is 334 g/mol. The Balaban J connectivity index is 1.93. The Morgan fingerprint density at radius 3 is 1.72 bits per heavy atom. The highest BCUT2D eigenvalue weighted by atomic mass is 15.1. The molecule has 0 spiro atoms. The van der Waals surface area contributed by atoms with Gasteiger partial charge in [0.05, 0.1) is 0 Å². The molecule has 0 aromatic heterocycles. The van der Waals surface area contributed by atoms with E-state index in [2.05, 4.69) is 104 Å². The van der Waals surface area contributed by atoms with Gasteiger partial charge in [-0.05, 0) is 35.6 Å².